The quantitative estimate of drug-likeness (QED) is 0.521. The Hall–Kier alpha value is -3.87. The predicted octanol–water partition coefficient (Wildman–Crippen LogP) is 4.32. The molecule has 7 heteroatoms. The largest absolute Gasteiger partial charge is 0.350 e. The molecule has 1 N–H and O–H groups in total. The zero-order valence-electron chi connectivity index (χ0n) is 15.9. The molecule has 0 aliphatic heterocycles. The maximum Gasteiger partial charge on any atom is 0.254 e. The number of carbonyl (C=O) groups is 1. The highest BCUT2D eigenvalue weighted by atomic mass is 19.1. The number of nitrogens with one attached hydrogen (secondary N) is 1. The second-order valence-corrected chi connectivity index (χ2v) is 6.62. The fourth-order valence-corrected chi connectivity index (χ4v) is 3.11. The van der Waals surface area contributed by atoms with Crippen LogP contribution in [-0.4, -0.2) is 27.2 Å². The van der Waals surface area contributed by atoms with E-state index in [1.807, 2.05) is 18.2 Å². The molecule has 30 heavy (non-hydrogen) atoms. The molecule has 0 saturated heterocycles. The molecule has 0 atom stereocenters. The van der Waals surface area contributed by atoms with Crippen molar-refractivity contribution in [2.45, 2.75) is 6.54 Å². The van der Waals surface area contributed by atoms with Crippen molar-refractivity contribution in [3.05, 3.63) is 96.3 Å². The van der Waals surface area contributed by atoms with Crippen molar-refractivity contribution in [3.63, 3.8) is 0 Å². The van der Waals surface area contributed by atoms with Crippen LogP contribution in [0.15, 0.2) is 79.1 Å². The summed E-state index contributed by atoms with van der Waals surface area (Å²) in [5.41, 5.74) is 3.11. The van der Waals surface area contributed by atoms with Gasteiger partial charge >= 0.3 is 0 Å². The Morgan fingerprint density at radius 2 is 1.77 bits per heavy atom. The summed E-state index contributed by atoms with van der Waals surface area (Å²) in [7, 11) is 0. The first kappa shape index (κ1) is 19.4. The van der Waals surface area contributed by atoms with Crippen molar-refractivity contribution >= 4 is 5.91 Å². The molecule has 0 saturated carbocycles. The number of benzene rings is 2. The molecule has 4 aromatic rings. The lowest BCUT2D eigenvalue weighted by molar-refractivity contribution is 0.0948. The van der Waals surface area contributed by atoms with E-state index in [2.05, 4.69) is 15.4 Å². The number of halogens is 2. The smallest absolute Gasteiger partial charge is 0.254 e. The van der Waals surface area contributed by atoms with Gasteiger partial charge < -0.3 is 5.32 Å². The van der Waals surface area contributed by atoms with E-state index < -0.39 is 11.7 Å². The third kappa shape index (κ3) is 4.25. The molecule has 0 spiro atoms. The molecule has 1 amide bonds. The minimum absolute atomic E-state index is 0.00236. The Balaban J connectivity index is 1.56. The molecule has 2 aromatic heterocycles. The summed E-state index contributed by atoms with van der Waals surface area (Å²) in [6.45, 7) is 0.622. The van der Waals surface area contributed by atoms with Gasteiger partial charge in [0.05, 0.1) is 23.5 Å². The monoisotopic (exact) mass is 404 g/mol. The highest BCUT2D eigenvalue weighted by Gasteiger charge is 2.14. The van der Waals surface area contributed by atoms with Gasteiger partial charge in [-0.3, -0.25) is 14.5 Å². The Morgan fingerprint density at radius 3 is 2.50 bits per heavy atom. The molecule has 0 bridgehead atoms. The van der Waals surface area contributed by atoms with E-state index in [-0.39, 0.29) is 17.9 Å². The molecular formula is C23H18F2N4O. The Labute approximate surface area is 172 Å². The topological polar surface area (TPSA) is 59.8 Å². The number of aromatic nitrogens is 3. The SMILES string of the molecule is O=C(NCCn1nc(-c2ccc(F)cc2)cc1-c1cccnc1)c1ccccc1F. The van der Waals surface area contributed by atoms with Crippen molar-refractivity contribution in [1.82, 2.24) is 20.1 Å². The average molecular weight is 404 g/mol. The van der Waals surface area contributed by atoms with Crippen LogP contribution >= 0.6 is 0 Å². The highest BCUT2D eigenvalue weighted by molar-refractivity contribution is 5.94. The van der Waals surface area contributed by atoms with Crippen LogP contribution in [0.4, 0.5) is 8.78 Å². The molecule has 150 valence electrons. The summed E-state index contributed by atoms with van der Waals surface area (Å²) < 4.78 is 28.8. The van der Waals surface area contributed by atoms with Crippen molar-refractivity contribution < 1.29 is 13.6 Å². The minimum atomic E-state index is -0.566. The average Bonchev–Trinajstić information content (AvgIpc) is 3.19. The van der Waals surface area contributed by atoms with Crippen LogP contribution in [0.1, 0.15) is 10.4 Å². The van der Waals surface area contributed by atoms with Gasteiger partial charge in [-0.15, -0.1) is 0 Å². The maximum absolute atomic E-state index is 13.8. The fraction of sp³-hybridized carbons (Fsp3) is 0.0870. The molecule has 0 unspecified atom stereocenters. The third-order valence-electron chi connectivity index (χ3n) is 4.60. The summed E-state index contributed by atoms with van der Waals surface area (Å²) in [6.07, 6.45) is 3.40. The van der Waals surface area contributed by atoms with Crippen LogP contribution in [0.5, 0.6) is 0 Å². The van der Waals surface area contributed by atoms with Crippen LogP contribution in [0, 0.1) is 11.6 Å². The fourth-order valence-electron chi connectivity index (χ4n) is 3.11. The van der Waals surface area contributed by atoms with Gasteiger partial charge in [-0.1, -0.05) is 12.1 Å². The number of carbonyl (C=O) groups excluding carboxylic acids is 1. The van der Waals surface area contributed by atoms with Gasteiger partial charge in [0, 0.05) is 30.1 Å². The van der Waals surface area contributed by atoms with Crippen molar-refractivity contribution in [1.29, 1.82) is 0 Å². The number of pyridine rings is 1. The van der Waals surface area contributed by atoms with E-state index in [0.717, 1.165) is 16.8 Å². The zero-order chi connectivity index (χ0) is 20.9. The van der Waals surface area contributed by atoms with Crippen LogP contribution in [0.3, 0.4) is 0 Å². The lowest BCUT2D eigenvalue weighted by Crippen LogP contribution is -2.28. The third-order valence-corrected chi connectivity index (χ3v) is 4.60. The van der Waals surface area contributed by atoms with Gasteiger partial charge in [0.1, 0.15) is 11.6 Å². The zero-order valence-corrected chi connectivity index (χ0v) is 15.9. The molecule has 0 aliphatic carbocycles. The molecular weight excluding hydrogens is 386 g/mol. The van der Waals surface area contributed by atoms with Crippen LogP contribution < -0.4 is 5.32 Å². The first-order valence-electron chi connectivity index (χ1n) is 9.39. The van der Waals surface area contributed by atoms with Crippen LogP contribution in [-0.2, 0) is 6.54 Å². The van der Waals surface area contributed by atoms with Crippen molar-refractivity contribution in [3.8, 4) is 22.5 Å². The van der Waals surface area contributed by atoms with Crippen LogP contribution in [0.2, 0.25) is 0 Å². The van der Waals surface area contributed by atoms with Gasteiger partial charge in [-0.25, -0.2) is 8.78 Å². The molecule has 0 radical (unpaired) electrons. The molecule has 2 aromatic carbocycles. The minimum Gasteiger partial charge on any atom is -0.350 e. The normalized spacial score (nSPS) is 10.7. The molecule has 4 rings (SSSR count). The first-order chi connectivity index (χ1) is 14.6. The number of rotatable bonds is 6. The Morgan fingerprint density at radius 1 is 0.967 bits per heavy atom. The summed E-state index contributed by atoms with van der Waals surface area (Å²) in [5.74, 6) is -1.37. The molecule has 0 aliphatic rings. The Kier molecular flexibility index (Phi) is 5.61. The van der Waals surface area contributed by atoms with Gasteiger partial charge in [0.15, 0.2) is 0 Å². The second kappa shape index (κ2) is 8.65. The number of hydrogen-bond donors (Lipinski definition) is 1. The van der Waals surface area contributed by atoms with Gasteiger partial charge in [0.2, 0.25) is 0 Å². The van der Waals surface area contributed by atoms with E-state index in [9.17, 15) is 13.6 Å². The summed E-state index contributed by atoms with van der Waals surface area (Å²) in [5, 5.41) is 7.33. The first-order valence-corrected chi connectivity index (χ1v) is 9.39. The summed E-state index contributed by atoms with van der Waals surface area (Å²) >= 11 is 0. The van der Waals surface area contributed by atoms with Crippen molar-refractivity contribution in [2.24, 2.45) is 0 Å². The number of nitrogens with zero attached hydrogens (tertiary/aromatic N) is 3. The van der Waals surface area contributed by atoms with E-state index in [1.54, 1.807) is 35.3 Å². The lowest BCUT2D eigenvalue weighted by atomic mass is 10.1. The number of hydrogen-bond acceptors (Lipinski definition) is 3. The second-order valence-electron chi connectivity index (χ2n) is 6.62. The Bertz CT molecular complexity index is 1160. The van der Waals surface area contributed by atoms with E-state index in [4.69, 9.17) is 0 Å². The van der Waals surface area contributed by atoms with Crippen molar-refractivity contribution in [2.75, 3.05) is 6.54 Å². The number of amides is 1. The molecule has 0 fully saturated rings. The summed E-state index contributed by atoms with van der Waals surface area (Å²) in [6, 6.07) is 17.5. The van der Waals surface area contributed by atoms with Gasteiger partial charge in [0.25, 0.3) is 5.91 Å². The van der Waals surface area contributed by atoms with E-state index in [1.165, 1.54) is 30.3 Å². The van der Waals surface area contributed by atoms with E-state index in [0.29, 0.717) is 12.2 Å². The van der Waals surface area contributed by atoms with Crippen LogP contribution in [0.25, 0.3) is 22.5 Å². The maximum atomic E-state index is 13.8. The standard InChI is InChI=1S/C23H18F2N4O/c24-18-9-7-16(8-10-18)21-14-22(17-4-3-11-26-15-17)29(28-21)13-12-27-23(30)19-5-1-2-6-20(19)25/h1-11,14-15H,12-13H2,(H,27,30). The molecule has 5 nitrogen and oxygen atoms in total. The molecule has 2 heterocycles. The van der Waals surface area contributed by atoms with E-state index >= 15 is 0 Å². The summed E-state index contributed by atoms with van der Waals surface area (Å²) in [4.78, 5) is 16.4. The lowest BCUT2D eigenvalue weighted by Gasteiger charge is -2.09. The van der Waals surface area contributed by atoms with Gasteiger partial charge in [-0.2, -0.15) is 5.10 Å². The predicted molar refractivity (Wildman–Crippen MR) is 110 cm³/mol. The highest BCUT2D eigenvalue weighted by Crippen LogP contribution is 2.26. The van der Waals surface area contributed by atoms with Gasteiger partial charge in [-0.05, 0) is 54.6 Å².